The zero-order valence-electron chi connectivity index (χ0n) is 22.4. The molecule has 0 aliphatic carbocycles. The Bertz CT molecular complexity index is 1420. The van der Waals surface area contributed by atoms with Crippen LogP contribution in [0.5, 0.6) is 0 Å². The van der Waals surface area contributed by atoms with Gasteiger partial charge in [-0.25, -0.2) is 8.42 Å². The molecule has 1 aromatic heterocycles. The number of para-hydroxylation sites is 1. The number of piperidine rings is 1. The van der Waals surface area contributed by atoms with Gasteiger partial charge in [-0.15, -0.1) is 0 Å². The van der Waals surface area contributed by atoms with Gasteiger partial charge in [0.15, 0.2) is 10.7 Å². The van der Waals surface area contributed by atoms with Crippen molar-refractivity contribution in [3.8, 4) is 0 Å². The van der Waals surface area contributed by atoms with Gasteiger partial charge in [-0.3, -0.25) is 4.79 Å². The van der Waals surface area contributed by atoms with Crippen LogP contribution in [0.1, 0.15) is 57.7 Å². The molecule has 8 heteroatoms. The van der Waals surface area contributed by atoms with Gasteiger partial charge in [-0.1, -0.05) is 47.1 Å². The summed E-state index contributed by atoms with van der Waals surface area (Å²) in [4.78, 5) is 13.0. The number of aryl methyl sites for hydroxylation is 6. The Morgan fingerprint density at radius 2 is 1.57 bits per heavy atom. The molecular weight excluding hydrogens is 486 g/mol. The van der Waals surface area contributed by atoms with Crippen molar-refractivity contribution in [2.24, 2.45) is 5.92 Å². The molecule has 1 amide bonds. The summed E-state index contributed by atoms with van der Waals surface area (Å²) < 4.78 is 34.1. The van der Waals surface area contributed by atoms with E-state index in [0.717, 1.165) is 33.5 Å². The van der Waals surface area contributed by atoms with Crippen LogP contribution < -0.4 is 5.32 Å². The lowest BCUT2D eigenvalue weighted by Crippen LogP contribution is -2.41. The minimum atomic E-state index is -3.84. The fraction of sp³-hybridized carbons (Fsp3) is 0.379. The average molecular weight is 522 g/mol. The van der Waals surface area contributed by atoms with E-state index in [-0.39, 0.29) is 35.6 Å². The second kappa shape index (κ2) is 10.6. The number of nitrogens with one attached hydrogen (secondary N) is 1. The Balaban J connectivity index is 1.49. The number of hydrogen-bond acceptors (Lipinski definition) is 5. The Kier molecular flexibility index (Phi) is 7.71. The summed E-state index contributed by atoms with van der Waals surface area (Å²) >= 11 is 0. The molecule has 1 aliphatic rings. The predicted octanol–water partition coefficient (Wildman–Crippen LogP) is 5.73. The Labute approximate surface area is 219 Å². The molecule has 1 N–H and O–H groups in total. The first kappa shape index (κ1) is 26.8. The maximum Gasteiger partial charge on any atom is 0.248 e. The molecule has 3 aromatic rings. The average Bonchev–Trinajstić information content (AvgIpc) is 3.22. The molecule has 2 heterocycles. The van der Waals surface area contributed by atoms with E-state index in [1.165, 1.54) is 9.87 Å². The van der Waals surface area contributed by atoms with E-state index in [1.54, 1.807) is 13.0 Å². The minimum absolute atomic E-state index is 0.0666. The van der Waals surface area contributed by atoms with Gasteiger partial charge in [0.25, 0.3) is 0 Å². The van der Waals surface area contributed by atoms with Gasteiger partial charge in [0.1, 0.15) is 5.69 Å². The molecule has 1 saturated heterocycles. The number of carbonyl (C=O) groups excluding carboxylic acids is 1. The lowest BCUT2D eigenvalue weighted by Gasteiger charge is -2.30. The monoisotopic (exact) mass is 521 g/mol. The van der Waals surface area contributed by atoms with Gasteiger partial charge in [-0.05, 0) is 88.3 Å². The van der Waals surface area contributed by atoms with Crippen molar-refractivity contribution in [2.45, 2.75) is 59.3 Å². The largest absolute Gasteiger partial charge is 0.355 e. The van der Waals surface area contributed by atoms with Gasteiger partial charge < -0.3 is 9.84 Å². The number of nitrogens with zero attached hydrogens (tertiary/aromatic N) is 2. The number of rotatable bonds is 6. The standard InChI is InChI=1S/C29H35N3O4S/c1-18-16-21(4)25(22(5)17-18)10-11-26-28(23(6)31-36-26)37(34,35)32-14-12-24(13-15-32)29(33)30-27-19(2)8-7-9-20(27)3/h7-11,16-17,24H,12-15H2,1-6H3,(H,30,33). The number of hydrogen-bond donors (Lipinski definition) is 1. The Morgan fingerprint density at radius 3 is 2.16 bits per heavy atom. The van der Waals surface area contributed by atoms with Crippen LogP contribution in [-0.4, -0.2) is 36.9 Å². The third-order valence-corrected chi connectivity index (χ3v) is 9.18. The zero-order valence-corrected chi connectivity index (χ0v) is 23.2. The maximum atomic E-state index is 13.6. The van der Waals surface area contributed by atoms with Crippen LogP contribution in [0.15, 0.2) is 39.8 Å². The van der Waals surface area contributed by atoms with Crippen molar-refractivity contribution in [2.75, 3.05) is 18.4 Å². The third kappa shape index (κ3) is 5.55. The van der Waals surface area contributed by atoms with Crippen molar-refractivity contribution in [3.63, 3.8) is 0 Å². The summed E-state index contributed by atoms with van der Waals surface area (Å²) in [6.45, 7) is 12.2. The molecule has 2 aromatic carbocycles. The molecule has 0 atom stereocenters. The van der Waals surface area contributed by atoms with Crippen LogP contribution in [0.25, 0.3) is 12.2 Å². The van der Waals surface area contributed by atoms with Gasteiger partial charge in [-0.2, -0.15) is 4.31 Å². The van der Waals surface area contributed by atoms with Crippen molar-refractivity contribution in [3.05, 3.63) is 75.2 Å². The quantitative estimate of drug-likeness (QED) is 0.447. The van der Waals surface area contributed by atoms with E-state index in [1.807, 2.05) is 52.0 Å². The summed E-state index contributed by atoms with van der Waals surface area (Å²) in [7, 11) is -3.84. The maximum absolute atomic E-state index is 13.6. The van der Waals surface area contributed by atoms with Crippen molar-refractivity contribution in [1.29, 1.82) is 0 Å². The summed E-state index contributed by atoms with van der Waals surface area (Å²) in [5.74, 6) is -0.101. The highest BCUT2D eigenvalue weighted by Gasteiger charge is 2.36. The van der Waals surface area contributed by atoms with E-state index in [0.29, 0.717) is 18.5 Å². The van der Waals surface area contributed by atoms with E-state index < -0.39 is 10.0 Å². The smallest absolute Gasteiger partial charge is 0.248 e. The van der Waals surface area contributed by atoms with Crippen LogP contribution in [-0.2, 0) is 14.8 Å². The van der Waals surface area contributed by atoms with E-state index in [9.17, 15) is 13.2 Å². The molecule has 1 fully saturated rings. The Morgan fingerprint density at radius 1 is 0.973 bits per heavy atom. The van der Waals surface area contributed by atoms with E-state index >= 15 is 0 Å². The molecule has 4 rings (SSSR count). The van der Waals surface area contributed by atoms with Crippen LogP contribution in [0.3, 0.4) is 0 Å². The molecule has 196 valence electrons. The minimum Gasteiger partial charge on any atom is -0.355 e. The second-order valence-corrected chi connectivity index (χ2v) is 11.9. The van der Waals surface area contributed by atoms with E-state index in [2.05, 4.69) is 29.5 Å². The van der Waals surface area contributed by atoms with Crippen LogP contribution in [0.4, 0.5) is 5.69 Å². The predicted molar refractivity (Wildman–Crippen MR) is 147 cm³/mol. The van der Waals surface area contributed by atoms with Gasteiger partial charge in [0, 0.05) is 24.7 Å². The van der Waals surface area contributed by atoms with Crippen LogP contribution in [0, 0.1) is 47.5 Å². The fourth-order valence-electron chi connectivity index (χ4n) is 5.14. The highest BCUT2D eigenvalue weighted by molar-refractivity contribution is 7.89. The molecule has 37 heavy (non-hydrogen) atoms. The topological polar surface area (TPSA) is 92.5 Å². The summed E-state index contributed by atoms with van der Waals surface area (Å²) in [6, 6.07) is 10.1. The Hall–Kier alpha value is -3.23. The molecule has 1 aliphatic heterocycles. The van der Waals surface area contributed by atoms with Gasteiger partial charge in [0.05, 0.1) is 0 Å². The lowest BCUT2D eigenvalue weighted by molar-refractivity contribution is -0.120. The van der Waals surface area contributed by atoms with E-state index in [4.69, 9.17) is 4.52 Å². The third-order valence-electron chi connectivity index (χ3n) is 7.12. The first-order valence-corrected chi connectivity index (χ1v) is 14.0. The number of amides is 1. The number of sulfonamides is 1. The zero-order chi connectivity index (χ0) is 26.9. The summed E-state index contributed by atoms with van der Waals surface area (Å²) in [6.07, 6.45) is 4.47. The highest BCUT2D eigenvalue weighted by Crippen LogP contribution is 2.31. The first-order valence-electron chi connectivity index (χ1n) is 12.6. The molecule has 0 bridgehead atoms. The van der Waals surface area contributed by atoms with Gasteiger partial charge >= 0.3 is 0 Å². The normalized spacial score (nSPS) is 15.4. The van der Waals surface area contributed by atoms with Crippen molar-refractivity contribution in [1.82, 2.24) is 9.46 Å². The highest BCUT2D eigenvalue weighted by atomic mass is 32.2. The summed E-state index contributed by atoms with van der Waals surface area (Å²) in [5.41, 5.74) is 7.59. The first-order chi connectivity index (χ1) is 17.5. The SMILES string of the molecule is Cc1cc(C)c(C=Cc2onc(C)c2S(=O)(=O)N2CCC(C(=O)Nc3c(C)cccc3C)CC2)c(C)c1. The van der Waals surface area contributed by atoms with Crippen molar-refractivity contribution < 1.29 is 17.7 Å². The van der Waals surface area contributed by atoms with Gasteiger partial charge in [0.2, 0.25) is 15.9 Å². The number of carbonyl (C=O) groups is 1. The second-order valence-electron chi connectivity index (χ2n) is 10.0. The van der Waals surface area contributed by atoms with Crippen LogP contribution in [0.2, 0.25) is 0 Å². The van der Waals surface area contributed by atoms with Crippen LogP contribution >= 0.6 is 0 Å². The number of aromatic nitrogens is 1. The molecular formula is C29H35N3O4S. The lowest BCUT2D eigenvalue weighted by atomic mass is 9.96. The number of anilines is 1. The molecule has 7 nitrogen and oxygen atoms in total. The molecule has 0 unspecified atom stereocenters. The molecule has 0 radical (unpaired) electrons. The fourth-order valence-corrected chi connectivity index (χ4v) is 6.86. The van der Waals surface area contributed by atoms with Crippen molar-refractivity contribution >= 4 is 33.8 Å². The summed E-state index contributed by atoms with van der Waals surface area (Å²) in [5, 5.41) is 7.01. The molecule has 0 spiro atoms. The molecule has 0 saturated carbocycles. The number of benzene rings is 2.